The first-order valence-electron chi connectivity index (χ1n) is 11.2. The minimum Gasteiger partial charge on any atom is -0.495 e. The van der Waals surface area contributed by atoms with Gasteiger partial charge in [0.05, 0.1) is 26.0 Å². The predicted molar refractivity (Wildman–Crippen MR) is 125 cm³/mol. The monoisotopic (exact) mass is 435 g/mol. The number of para-hydroxylation sites is 2. The Bertz CT molecular complexity index is 1080. The Hall–Kier alpha value is -3.26. The van der Waals surface area contributed by atoms with Crippen LogP contribution in [0.5, 0.6) is 5.75 Å². The van der Waals surface area contributed by atoms with Crippen LogP contribution >= 0.6 is 0 Å². The quantitative estimate of drug-likeness (QED) is 0.613. The maximum Gasteiger partial charge on any atom is 0.242 e. The number of fused-ring (bicyclic) bond motifs is 1. The number of piperazine rings is 1. The summed E-state index contributed by atoms with van der Waals surface area (Å²) in [5.74, 6) is 1.94. The van der Waals surface area contributed by atoms with Gasteiger partial charge in [0.2, 0.25) is 5.91 Å². The first kappa shape index (κ1) is 20.6. The van der Waals surface area contributed by atoms with Gasteiger partial charge in [-0.1, -0.05) is 12.1 Å². The second kappa shape index (κ2) is 9.08. The van der Waals surface area contributed by atoms with Crippen LogP contribution in [-0.4, -0.2) is 80.0 Å². The number of pyridine rings is 1. The van der Waals surface area contributed by atoms with Crippen LogP contribution in [0.3, 0.4) is 0 Å². The Morgan fingerprint density at radius 3 is 2.53 bits per heavy atom. The zero-order valence-electron chi connectivity index (χ0n) is 18.4. The van der Waals surface area contributed by atoms with E-state index in [-0.39, 0.29) is 5.91 Å². The predicted octanol–water partition coefficient (Wildman–Crippen LogP) is 2.23. The van der Waals surface area contributed by atoms with Crippen molar-refractivity contribution < 1.29 is 14.3 Å². The van der Waals surface area contributed by atoms with Gasteiger partial charge in [-0.25, -0.2) is 4.98 Å². The van der Waals surface area contributed by atoms with E-state index in [9.17, 15) is 4.79 Å². The van der Waals surface area contributed by atoms with Gasteiger partial charge in [-0.15, -0.1) is 0 Å². The van der Waals surface area contributed by atoms with E-state index in [1.807, 2.05) is 39.9 Å². The molecule has 3 aromatic rings. The second-order valence-corrected chi connectivity index (χ2v) is 8.17. The fourth-order valence-electron chi connectivity index (χ4n) is 4.48. The molecule has 0 spiro atoms. The third kappa shape index (κ3) is 4.10. The Balaban J connectivity index is 1.25. The second-order valence-electron chi connectivity index (χ2n) is 8.17. The van der Waals surface area contributed by atoms with Gasteiger partial charge >= 0.3 is 0 Å². The molecule has 0 aliphatic carbocycles. The van der Waals surface area contributed by atoms with Crippen molar-refractivity contribution in [1.29, 1.82) is 0 Å². The number of anilines is 2. The molecule has 32 heavy (non-hydrogen) atoms. The van der Waals surface area contributed by atoms with Gasteiger partial charge in [0.1, 0.15) is 23.8 Å². The van der Waals surface area contributed by atoms with Crippen LogP contribution in [0.2, 0.25) is 0 Å². The van der Waals surface area contributed by atoms with E-state index in [0.717, 1.165) is 67.7 Å². The molecule has 4 heterocycles. The lowest BCUT2D eigenvalue weighted by Crippen LogP contribution is -2.49. The number of morpholine rings is 1. The number of hydrogen-bond acceptors (Lipinski definition) is 6. The zero-order chi connectivity index (χ0) is 21.9. The van der Waals surface area contributed by atoms with Crippen LogP contribution in [0.15, 0.2) is 48.7 Å². The molecule has 8 heteroatoms. The summed E-state index contributed by atoms with van der Waals surface area (Å²) in [5, 5.41) is 1.05. The number of ether oxygens (including phenoxy) is 2. The number of carbonyl (C=O) groups excluding carboxylic acids is 1. The summed E-state index contributed by atoms with van der Waals surface area (Å²) in [6, 6.07) is 14.2. The van der Waals surface area contributed by atoms with E-state index in [1.165, 1.54) is 0 Å². The number of hydrogen-bond donors (Lipinski definition) is 0. The van der Waals surface area contributed by atoms with E-state index < -0.39 is 0 Å². The van der Waals surface area contributed by atoms with Crippen molar-refractivity contribution in [3.8, 4) is 5.75 Å². The van der Waals surface area contributed by atoms with Crippen molar-refractivity contribution in [2.45, 2.75) is 6.54 Å². The maximum absolute atomic E-state index is 13.1. The van der Waals surface area contributed by atoms with Crippen molar-refractivity contribution in [2.75, 3.05) is 69.4 Å². The average Bonchev–Trinajstić information content (AvgIpc) is 3.26. The average molecular weight is 436 g/mol. The van der Waals surface area contributed by atoms with Gasteiger partial charge in [0, 0.05) is 50.9 Å². The molecule has 2 aliphatic rings. The van der Waals surface area contributed by atoms with Crippen LogP contribution in [0.1, 0.15) is 0 Å². The Morgan fingerprint density at radius 1 is 0.969 bits per heavy atom. The molecule has 5 rings (SSSR count). The number of amides is 1. The molecule has 0 radical (unpaired) electrons. The van der Waals surface area contributed by atoms with E-state index in [2.05, 4.69) is 28.0 Å². The molecule has 0 atom stereocenters. The number of aromatic nitrogens is 2. The van der Waals surface area contributed by atoms with Gasteiger partial charge in [-0.3, -0.25) is 4.79 Å². The first-order chi connectivity index (χ1) is 15.7. The van der Waals surface area contributed by atoms with Crippen molar-refractivity contribution in [3.63, 3.8) is 0 Å². The molecular formula is C24H29N5O3. The topological polar surface area (TPSA) is 63.1 Å². The molecule has 168 valence electrons. The molecule has 0 N–H and O–H groups in total. The SMILES string of the molecule is COc1ccccc1N1CCN(C(=O)Cn2ccc3ccc(N4CCOCC4)nc32)CC1. The number of benzene rings is 1. The summed E-state index contributed by atoms with van der Waals surface area (Å²) >= 11 is 0. The molecule has 1 aromatic carbocycles. The minimum absolute atomic E-state index is 0.126. The van der Waals surface area contributed by atoms with Crippen LogP contribution in [0, 0.1) is 0 Å². The number of nitrogens with zero attached hydrogens (tertiary/aromatic N) is 5. The van der Waals surface area contributed by atoms with Crippen LogP contribution in [0.4, 0.5) is 11.5 Å². The lowest BCUT2D eigenvalue weighted by molar-refractivity contribution is -0.132. The molecule has 2 saturated heterocycles. The van der Waals surface area contributed by atoms with E-state index in [1.54, 1.807) is 7.11 Å². The van der Waals surface area contributed by atoms with Gasteiger partial charge in [-0.2, -0.15) is 0 Å². The summed E-state index contributed by atoms with van der Waals surface area (Å²) < 4.78 is 12.9. The highest BCUT2D eigenvalue weighted by atomic mass is 16.5. The molecule has 2 aliphatic heterocycles. The normalized spacial score (nSPS) is 17.1. The van der Waals surface area contributed by atoms with E-state index in [0.29, 0.717) is 19.6 Å². The van der Waals surface area contributed by atoms with Crippen molar-refractivity contribution >= 4 is 28.4 Å². The lowest BCUT2D eigenvalue weighted by atomic mass is 10.2. The van der Waals surface area contributed by atoms with Crippen molar-refractivity contribution in [3.05, 3.63) is 48.7 Å². The largest absolute Gasteiger partial charge is 0.495 e. The van der Waals surface area contributed by atoms with E-state index in [4.69, 9.17) is 14.5 Å². The number of methoxy groups -OCH3 is 1. The maximum atomic E-state index is 13.1. The third-order valence-electron chi connectivity index (χ3n) is 6.30. The standard InChI is InChI=1S/C24H29N5O3/c1-31-21-5-3-2-4-20(21)26-10-12-28(13-11-26)23(30)18-29-9-8-19-6-7-22(25-24(19)29)27-14-16-32-17-15-27/h2-9H,10-18H2,1H3. The summed E-state index contributed by atoms with van der Waals surface area (Å²) in [7, 11) is 1.69. The number of rotatable bonds is 5. The Labute approximate surface area is 187 Å². The smallest absolute Gasteiger partial charge is 0.242 e. The van der Waals surface area contributed by atoms with Gasteiger partial charge in [0.25, 0.3) is 0 Å². The molecule has 0 unspecified atom stereocenters. The molecular weight excluding hydrogens is 406 g/mol. The summed E-state index contributed by atoms with van der Waals surface area (Å²) in [4.78, 5) is 24.4. The fraction of sp³-hybridized carbons (Fsp3) is 0.417. The summed E-state index contributed by atoms with van der Waals surface area (Å²) in [6.07, 6.45) is 1.96. The van der Waals surface area contributed by atoms with Crippen molar-refractivity contribution in [1.82, 2.24) is 14.5 Å². The number of carbonyl (C=O) groups is 1. The molecule has 0 bridgehead atoms. The summed E-state index contributed by atoms with van der Waals surface area (Å²) in [6.45, 7) is 6.40. The molecule has 8 nitrogen and oxygen atoms in total. The fourth-order valence-corrected chi connectivity index (χ4v) is 4.48. The molecule has 1 amide bonds. The highest BCUT2D eigenvalue weighted by Gasteiger charge is 2.23. The zero-order valence-corrected chi connectivity index (χ0v) is 18.4. The summed E-state index contributed by atoms with van der Waals surface area (Å²) in [5.41, 5.74) is 1.94. The lowest BCUT2D eigenvalue weighted by Gasteiger charge is -2.36. The van der Waals surface area contributed by atoms with E-state index >= 15 is 0 Å². The Kier molecular flexibility index (Phi) is 5.85. The molecule has 0 saturated carbocycles. The van der Waals surface area contributed by atoms with Gasteiger partial charge < -0.3 is 28.7 Å². The van der Waals surface area contributed by atoms with Gasteiger partial charge in [0.15, 0.2) is 0 Å². The molecule has 2 fully saturated rings. The third-order valence-corrected chi connectivity index (χ3v) is 6.30. The van der Waals surface area contributed by atoms with Gasteiger partial charge in [-0.05, 0) is 30.3 Å². The minimum atomic E-state index is 0.126. The first-order valence-corrected chi connectivity index (χ1v) is 11.2. The highest BCUT2D eigenvalue weighted by Crippen LogP contribution is 2.28. The van der Waals surface area contributed by atoms with Crippen molar-refractivity contribution in [2.24, 2.45) is 0 Å². The highest BCUT2D eigenvalue weighted by molar-refractivity contribution is 5.82. The van der Waals surface area contributed by atoms with Crippen LogP contribution < -0.4 is 14.5 Å². The van der Waals surface area contributed by atoms with Crippen LogP contribution in [-0.2, 0) is 16.1 Å². The Morgan fingerprint density at radius 2 is 1.75 bits per heavy atom. The molecule has 2 aromatic heterocycles. The van der Waals surface area contributed by atoms with Crippen LogP contribution in [0.25, 0.3) is 11.0 Å².